The number of ketones is 1. The lowest BCUT2D eigenvalue weighted by Gasteiger charge is -2.21. The van der Waals surface area contributed by atoms with Crippen molar-refractivity contribution in [3.8, 4) is 16.8 Å². The molecule has 0 saturated heterocycles. The smallest absolute Gasteiger partial charge is 0.294 e. The number of hydrogen-bond acceptors (Lipinski definition) is 4. The monoisotopic (exact) mass is 436 g/mol. The number of nitrogens with zero attached hydrogens (tertiary/aromatic N) is 4. The third kappa shape index (κ3) is 4.87. The quantitative estimate of drug-likeness (QED) is 0.444. The van der Waals surface area contributed by atoms with Gasteiger partial charge in [0, 0.05) is 17.0 Å². The van der Waals surface area contributed by atoms with Crippen molar-refractivity contribution in [1.82, 2.24) is 20.2 Å². The number of carbonyl (C=O) groups is 1. The Morgan fingerprint density at radius 3 is 2.33 bits per heavy atom. The highest BCUT2D eigenvalue weighted by Crippen LogP contribution is 2.32. The van der Waals surface area contributed by atoms with E-state index in [0.29, 0.717) is 26.4 Å². The van der Waals surface area contributed by atoms with Crippen molar-refractivity contribution < 1.29 is 18.0 Å². The second-order valence-corrected chi connectivity index (χ2v) is 8.24. The molecule has 30 heavy (non-hydrogen) atoms. The van der Waals surface area contributed by atoms with Crippen LogP contribution in [0.4, 0.5) is 13.2 Å². The van der Waals surface area contributed by atoms with E-state index in [2.05, 4.69) is 15.5 Å². The summed E-state index contributed by atoms with van der Waals surface area (Å²) in [5, 5.41) is 10.3. The molecule has 0 N–H and O–H groups in total. The van der Waals surface area contributed by atoms with Crippen LogP contribution in [0, 0.1) is 5.41 Å². The third-order valence-electron chi connectivity index (χ3n) is 4.98. The second-order valence-electron chi connectivity index (χ2n) is 7.81. The minimum atomic E-state index is -4.74. The van der Waals surface area contributed by atoms with Crippen LogP contribution in [0.15, 0.2) is 42.5 Å². The molecule has 0 spiro atoms. The number of tetrazole rings is 1. The van der Waals surface area contributed by atoms with E-state index < -0.39 is 12.0 Å². The SMILES string of the molecule is CCC(C)(C)CC(=O)c1cc(-c2ccc(Cl)cc2)cc(-n2nnnc2C(F)(F)F)c1. The minimum Gasteiger partial charge on any atom is -0.294 e. The van der Waals surface area contributed by atoms with Gasteiger partial charge in [-0.15, -0.1) is 5.10 Å². The van der Waals surface area contributed by atoms with Gasteiger partial charge in [-0.1, -0.05) is 50.9 Å². The molecule has 0 atom stereocenters. The highest BCUT2D eigenvalue weighted by molar-refractivity contribution is 6.30. The Kier molecular flexibility index (Phi) is 5.99. The summed E-state index contributed by atoms with van der Waals surface area (Å²) in [6.07, 6.45) is -3.70. The molecule has 3 aromatic rings. The average molecular weight is 437 g/mol. The summed E-state index contributed by atoms with van der Waals surface area (Å²) in [4.78, 5) is 13.0. The zero-order chi connectivity index (χ0) is 22.1. The number of aromatic nitrogens is 4. The summed E-state index contributed by atoms with van der Waals surface area (Å²) >= 11 is 5.94. The van der Waals surface area contributed by atoms with Gasteiger partial charge < -0.3 is 0 Å². The largest absolute Gasteiger partial charge is 0.453 e. The molecule has 0 aliphatic rings. The molecule has 5 nitrogen and oxygen atoms in total. The fourth-order valence-electron chi connectivity index (χ4n) is 2.90. The Morgan fingerprint density at radius 2 is 1.73 bits per heavy atom. The maximum Gasteiger partial charge on any atom is 0.453 e. The van der Waals surface area contributed by atoms with Crippen molar-refractivity contribution in [2.75, 3.05) is 0 Å². The summed E-state index contributed by atoms with van der Waals surface area (Å²) in [6.45, 7) is 5.93. The van der Waals surface area contributed by atoms with Gasteiger partial charge in [-0.2, -0.15) is 17.9 Å². The average Bonchev–Trinajstić information content (AvgIpc) is 3.18. The zero-order valence-corrected chi connectivity index (χ0v) is 17.4. The molecule has 0 aliphatic carbocycles. The highest BCUT2D eigenvalue weighted by Gasteiger charge is 2.38. The Hall–Kier alpha value is -2.74. The molecule has 0 amide bonds. The third-order valence-corrected chi connectivity index (χ3v) is 5.23. The molecule has 0 fully saturated rings. The van der Waals surface area contributed by atoms with E-state index in [1.54, 1.807) is 30.3 Å². The molecule has 2 aromatic carbocycles. The van der Waals surface area contributed by atoms with Crippen LogP contribution in [-0.2, 0) is 6.18 Å². The van der Waals surface area contributed by atoms with E-state index in [4.69, 9.17) is 11.6 Å². The van der Waals surface area contributed by atoms with Gasteiger partial charge >= 0.3 is 6.18 Å². The van der Waals surface area contributed by atoms with Crippen LogP contribution < -0.4 is 0 Å². The molecule has 158 valence electrons. The first kappa shape index (κ1) is 22.0. The summed E-state index contributed by atoms with van der Waals surface area (Å²) in [6, 6.07) is 11.4. The van der Waals surface area contributed by atoms with Crippen LogP contribution in [0.1, 0.15) is 49.8 Å². The number of hydrogen-bond donors (Lipinski definition) is 0. The van der Waals surface area contributed by atoms with Crippen LogP contribution in [-0.4, -0.2) is 26.0 Å². The molecule has 3 rings (SSSR count). The first-order valence-corrected chi connectivity index (χ1v) is 9.68. The van der Waals surface area contributed by atoms with Gasteiger partial charge in [-0.3, -0.25) is 4.79 Å². The Morgan fingerprint density at radius 1 is 1.07 bits per heavy atom. The van der Waals surface area contributed by atoms with Gasteiger partial charge in [-0.05, 0) is 57.3 Å². The van der Waals surface area contributed by atoms with Crippen molar-refractivity contribution >= 4 is 17.4 Å². The molecular weight excluding hydrogens is 417 g/mol. The number of halogens is 4. The summed E-state index contributed by atoms with van der Waals surface area (Å²) in [5.41, 5.74) is 1.37. The Labute approximate surface area is 176 Å². The highest BCUT2D eigenvalue weighted by atomic mass is 35.5. The van der Waals surface area contributed by atoms with Gasteiger partial charge in [0.15, 0.2) is 5.78 Å². The first-order valence-electron chi connectivity index (χ1n) is 9.30. The van der Waals surface area contributed by atoms with Gasteiger partial charge in [0.05, 0.1) is 5.69 Å². The van der Waals surface area contributed by atoms with E-state index >= 15 is 0 Å². The van der Waals surface area contributed by atoms with Crippen molar-refractivity contribution in [2.45, 2.75) is 39.8 Å². The lowest BCUT2D eigenvalue weighted by molar-refractivity contribution is -0.146. The van der Waals surface area contributed by atoms with Crippen molar-refractivity contribution in [3.05, 3.63) is 58.9 Å². The number of Topliss-reactive ketones (excluding diaryl/α,β-unsaturated/α-hetero) is 1. The Balaban J connectivity index is 2.15. The van der Waals surface area contributed by atoms with Crippen molar-refractivity contribution in [1.29, 1.82) is 0 Å². The minimum absolute atomic E-state index is 0.0532. The predicted molar refractivity (Wildman–Crippen MR) is 108 cm³/mol. The fraction of sp³-hybridized carbons (Fsp3) is 0.333. The standard InChI is InChI=1S/C21H20ClF3N4O/c1-4-20(2,3)12-18(30)15-9-14(13-5-7-16(22)8-6-13)10-17(11-15)29-19(21(23,24)25)26-27-28-29/h5-11H,4,12H2,1-3H3. The lowest BCUT2D eigenvalue weighted by atomic mass is 9.83. The molecule has 1 heterocycles. The van der Waals surface area contributed by atoms with E-state index in [9.17, 15) is 18.0 Å². The number of benzene rings is 2. The lowest BCUT2D eigenvalue weighted by Crippen LogP contribution is -2.17. The van der Waals surface area contributed by atoms with Crippen LogP contribution in [0.2, 0.25) is 5.02 Å². The molecule has 9 heteroatoms. The fourth-order valence-corrected chi connectivity index (χ4v) is 3.03. The van der Waals surface area contributed by atoms with E-state index in [0.717, 1.165) is 6.42 Å². The van der Waals surface area contributed by atoms with Crippen LogP contribution in [0.5, 0.6) is 0 Å². The normalized spacial score (nSPS) is 12.2. The maximum absolute atomic E-state index is 13.3. The molecule has 1 aromatic heterocycles. The van der Waals surface area contributed by atoms with Crippen LogP contribution in [0.3, 0.4) is 0 Å². The zero-order valence-electron chi connectivity index (χ0n) is 16.7. The second kappa shape index (κ2) is 8.18. The maximum atomic E-state index is 13.3. The molecule has 0 aliphatic heterocycles. The molecular formula is C21H20ClF3N4O. The van der Waals surface area contributed by atoms with E-state index in [1.807, 2.05) is 20.8 Å². The van der Waals surface area contributed by atoms with Crippen molar-refractivity contribution in [2.24, 2.45) is 5.41 Å². The first-order chi connectivity index (χ1) is 14.0. The van der Waals surface area contributed by atoms with Gasteiger partial charge in [0.25, 0.3) is 5.82 Å². The van der Waals surface area contributed by atoms with Crippen LogP contribution in [0.25, 0.3) is 16.8 Å². The number of rotatable bonds is 6. The van der Waals surface area contributed by atoms with Gasteiger partial charge in [0.1, 0.15) is 0 Å². The van der Waals surface area contributed by atoms with Crippen LogP contribution >= 0.6 is 11.6 Å². The molecule has 0 radical (unpaired) electrons. The summed E-state index contributed by atoms with van der Waals surface area (Å²) < 4.78 is 40.6. The van der Waals surface area contributed by atoms with E-state index in [-0.39, 0.29) is 23.3 Å². The van der Waals surface area contributed by atoms with E-state index in [1.165, 1.54) is 12.1 Å². The van der Waals surface area contributed by atoms with Crippen molar-refractivity contribution in [3.63, 3.8) is 0 Å². The predicted octanol–water partition coefficient (Wildman–Crippen LogP) is 6.01. The number of carbonyl (C=O) groups excluding carboxylic acids is 1. The molecule has 0 saturated carbocycles. The van der Waals surface area contributed by atoms with Gasteiger partial charge in [-0.25, -0.2) is 0 Å². The van der Waals surface area contributed by atoms with Gasteiger partial charge in [0.2, 0.25) is 0 Å². The topological polar surface area (TPSA) is 60.7 Å². The molecule has 0 unspecified atom stereocenters. The molecule has 0 bridgehead atoms. The summed E-state index contributed by atoms with van der Waals surface area (Å²) in [5.74, 6) is -1.43. The Bertz CT molecular complexity index is 1060. The number of alkyl halides is 3. The summed E-state index contributed by atoms with van der Waals surface area (Å²) in [7, 11) is 0.